The second-order valence-electron chi connectivity index (χ2n) is 8.08. The molecule has 2 heterocycles. The van der Waals surface area contributed by atoms with E-state index in [0.29, 0.717) is 0 Å². The Morgan fingerprint density at radius 1 is 0.625 bits per heavy atom. The number of benzene rings is 5. The molecule has 0 unspecified atom stereocenters. The predicted molar refractivity (Wildman–Crippen MR) is 137 cm³/mol. The van der Waals surface area contributed by atoms with Crippen LogP contribution in [0.4, 0.5) is 0 Å². The molecule has 3 heteroatoms. The van der Waals surface area contributed by atoms with Crippen LogP contribution in [0.15, 0.2) is 109 Å². The summed E-state index contributed by atoms with van der Waals surface area (Å²) in [5.41, 5.74) is 5.78. The number of rotatable bonds is 2. The Hall–Kier alpha value is -3.95. The van der Waals surface area contributed by atoms with Crippen LogP contribution in [0.1, 0.15) is 0 Å². The molecule has 0 atom stereocenters. The molecule has 150 valence electrons. The van der Waals surface area contributed by atoms with Crippen LogP contribution >= 0.6 is 11.3 Å². The monoisotopic (exact) mass is 426 g/mol. The molecule has 7 rings (SSSR count). The number of aromatic nitrogens is 2. The summed E-state index contributed by atoms with van der Waals surface area (Å²) in [6.45, 7) is 0. The number of fused-ring (bicyclic) bond motifs is 6. The first-order chi connectivity index (χ1) is 15.9. The lowest BCUT2D eigenvalue weighted by Gasteiger charge is -2.09. The van der Waals surface area contributed by atoms with E-state index in [1.807, 2.05) is 6.07 Å². The van der Waals surface area contributed by atoms with Gasteiger partial charge in [-0.15, -0.1) is 11.3 Å². The van der Waals surface area contributed by atoms with E-state index in [2.05, 4.69) is 108 Å². The van der Waals surface area contributed by atoms with Crippen LogP contribution in [0.3, 0.4) is 0 Å². The van der Waals surface area contributed by atoms with Crippen molar-refractivity contribution < 1.29 is 0 Å². The summed E-state index contributed by atoms with van der Waals surface area (Å²) < 4.78 is 3.59. The van der Waals surface area contributed by atoms with Gasteiger partial charge in [0, 0.05) is 22.0 Å². The van der Waals surface area contributed by atoms with Gasteiger partial charge < -0.3 is 4.57 Å². The van der Waals surface area contributed by atoms with Gasteiger partial charge >= 0.3 is 0 Å². The van der Waals surface area contributed by atoms with Crippen LogP contribution in [0, 0.1) is 0 Å². The maximum atomic E-state index is 5.15. The van der Waals surface area contributed by atoms with Crippen molar-refractivity contribution in [2.45, 2.75) is 0 Å². The Morgan fingerprint density at radius 3 is 2.31 bits per heavy atom. The molecule has 32 heavy (non-hydrogen) atoms. The molecular weight excluding hydrogens is 408 g/mol. The molecular formula is C29H18N2S. The zero-order valence-electron chi connectivity index (χ0n) is 17.2. The highest BCUT2D eigenvalue weighted by Crippen LogP contribution is 2.40. The lowest BCUT2D eigenvalue weighted by Crippen LogP contribution is -1.94. The molecule has 0 aliphatic carbocycles. The molecule has 2 aromatic heterocycles. The number of hydrogen-bond acceptors (Lipinski definition) is 2. The smallest absolute Gasteiger partial charge is 0.124 e. The van der Waals surface area contributed by atoms with Crippen LogP contribution < -0.4 is 0 Å². The van der Waals surface area contributed by atoms with Gasteiger partial charge in [0.2, 0.25) is 0 Å². The minimum atomic E-state index is 1.06. The summed E-state index contributed by atoms with van der Waals surface area (Å²) >= 11 is 1.76. The number of hydrogen-bond donors (Lipinski definition) is 0. The summed E-state index contributed by atoms with van der Waals surface area (Å²) in [4.78, 5) is 5.15. The normalized spacial score (nSPS) is 11.8. The summed E-state index contributed by atoms with van der Waals surface area (Å²) in [7, 11) is 0. The van der Waals surface area contributed by atoms with Crippen LogP contribution in [0.2, 0.25) is 0 Å². The van der Waals surface area contributed by atoms with Crippen molar-refractivity contribution in [2.75, 3.05) is 0 Å². The van der Waals surface area contributed by atoms with E-state index in [1.54, 1.807) is 11.3 Å². The van der Waals surface area contributed by atoms with E-state index in [1.165, 1.54) is 37.3 Å². The molecule has 5 aromatic carbocycles. The van der Waals surface area contributed by atoms with Crippen molar-refractivity contribution in [1.82, 2.24) is 9.55 Å². The van der Waals surface area contributed by atoms with Crippen LogP contribution in [0.5, 0.6) is 0 Å². The molecule has 0 aliphatic heterocycles. The van der Waals surface area contributed by atoms with Crippen molar-refractivity contribution in [3.63, 3.8) is 0 Å². The summed E-state index contributed by atoms with van der Waals surface area (Å²) in [5, 5.41) is 6.05. The quantitative estimate of drug-likeness (QED) is 0.272. The molecule has 7 aromatic rings. The molecule has 0 saturated heterocycles. The van der Waals surface area contributed by atoms with Crippen LogP contribution in [-0.2, 0) is 0 Å². The Kier molecular flexibility index (Phi) is 3.75. The maximum Gasteiger partial charge on any atom is 0.124 e. The van der Waals surface area contributed by atoms with Crippen molar-refractivity contribution in [1.29, 1.82) is 0 Å². The van der Waals surface area contributed by atoms with E-state index < -0.39 is 0 Å². The second-order valence-corrected chi connectivity index (χ2v) is 9.11. The van der Waals surface area contributed by atoms with Gasteiger partial charge in [-0.3, -0.25) is 0 Å². The number of nitrogens with zero attached hydrogens (tertiary/aromatic N) is 2. The average molecular weight is 427 g/mol. The molecule has 0 bridgehead atoms. The fourth-order valence-electron chi connectivity index (χ4n) is 4.73. The molecule has 0 N–H and O–H groups in total. The molecule has 0 saturated carbocycles. The SMILES string of the molecule is c1ccc(-c2nc3c(ccc4c5ccccc5n(-c5ccc6ccccc6c5)c43)s2)cc1. The summed E-state index contributed by atoms with van der Waals surface area (Å²) in [6.07, 6.45) is 0. The lowest BCUT2D eigenvalue weighted by molar-refractivity contribution is 1.19. The standard InChI is InChI=1S/C29H18N2S/c1-2-9-20(10-3-1)29-30-27-26(32-29)17-16-24-23-12-6-7-13-25(23)31(28(24)27)22-15-14-19-8-4-5-11-21(19)18-22/h1-18H. The Morgan fingerprint density at radius 2 is 1.41 bits per heavy atom. The molecule has 0 spiro atoms. The first-order valence-electron chi connectivity index (χ1n) is 10.7. The first-order valence-corrected chi connectivity index (χ1v) is 11.6. The zero-order chi connectivity index (χ0) is 21.1. The predicted octanol–water partition coefficient (Wildman–Crippen LogP) is 8.21. The Bertz CT molecular complexity index is 1770. The minimum absolute atomic E-state index is 1.06. The Balaban J connectivity index is 1.61. The van der Waals surface area contributed by atoms with E-state index in [9.17, 15) is 0 Å². The van der Waals surface area contributed by atoms with Crippen LogP contribution in [0.25, 0.3) is 59.1 Å². The van der Waals surface area contributed by atoms with Crippen molar-refractivity contribution in [3.8, 4) is 16.3 Å². The fraction of sp³-hybridized carbons (Fsp3) is 0. The van der Waals surface area contributed by atoms with E-state index in [0.717, 1.165) is 21.8 Å². The average Bonchev–Trinajstić information content (AvgIpc) is 3.44. The highest BCUT2D eigenvalue weighted by molar-refractivity contribution is 7.21. The number of para-hydroxylation sites is 1. The Labute approximate surface area is 189 Å². The van der Waals surface area contributed by atoms with Gasteiger partial charge in [-0.2, -0.15) is 0 Å². The van der Waals surface area contributed by atoms with Gasteiger partial charge in [-0.05, 0) is 35.0 Å². The van der Waals surface area contributed by atoms with E-state index in [-0.39, 0.29) is 0 Å². The second kappa shape index (κ2) is 6.78. The summed E-state index contributed by atoms with van der Waals surface area (Å²) in [5.74, 6) is 0. The molecule has 2 nitrogen and oxygen atoms in total. The van der Waals surface area contributed by atoms with Gasteiger partial charge in [0.1, 0.15) is 10.5 Å². The maximum absolute atomic E-state index is 5.15. The topological polar surface area (TPSA) is 17.8 Å². The third-order valence-corrected chi connectivity index (χ3v) is 7.27. The lowest BCUT2D eigenvalue weighted by atomic mass is 10.1. The van der Waals surface area contributed by atoms with Crippen molar-refractivity contribution in [3.05, 3.63) is 109 Å². The van der Waals surface area contributed by atoms with Gasteiger partial charge in [-0.1, -0.05) is 84.9 Å². The number of thiazole rings is 1. The third kappa shape index (κ3) is 2.55. The third-order valence-electron chi connectivity index (χ3n) is 6.20. The highest BCUT2D eigenvalue weighted by Gasteiger charge is 2.18. The van der Waals surface area contributed by atoms with E-state index >= 15 is 0 Å². The van der Waals surface area contributed by atoms with Gasteiger partial charge in [-0.25, -0.2) is 4.98 Å². The largest absolute Gasteiger partial charge is 0.307 e. The summed E-state index contributed by atoms with van der Waals surface area (Å²) in [6, 6.07) is 38.8. The molecule has 0 aliphatic rings. The minimum Gasteiger partial charge on any atom is -0.307 e. The van der Waals surface area contributed by atoms with Gasteiger partial charge in [0.15, 0.2) is 0 Å². The van der Waals surface area contributed by atoms with Crippen LogP contribution in [-0.4, -0.2) is 9.55 Å². The van der Waals surface area contributed by atoms with Gasteiger partial charge in [0.25, 0.3) is 0 Å². The first kappa shape index (κ1) is 17.7. The zero-order valence-corrected chi connectivity index (χ0v) is 18.0. The van der Waals surface area contributed by atoms with E-state index in [4.69, 9.17) is 4.98 Å². The molecule has 0 fully saturated rings. The van der Waals surface area contributed by atoms with Crippen molar-refractivity contribution in [2.24, 2.45) is 0 Å². The van der Waals surface area contributed by atoms with Gasteiger partial charge in [0.05, 0.1) is 15.7 Å². The highest BCUT2D eigenvalue weighted by atomic mass is 32.1. The molecule has 0 amide bonds. The fourth-order valence-corrected chi connectivity index (χ4v) is 5.70. The molecule has 0 radical (unpaired) electrons. The van der Waals surface area contributed by atoms with Crippen molar-refractivity contribution >= 4 is 54.1 Å².